The Bertz CT molecular complexity index is 946. The molecule has 0 saturated heterocycles. The van der Waals surface area contributed by atoms with Gasteiger partial charge in [0.25, 0.3) is 0 Å². The molecule has 3 aromatic rings. The zero-order chi connectivity index (χ0) is 18.4. The number of nitrogens with one attached hydrogen (secondary N) is 1. The van der Waals surface area contributed by atoms with Gasteiger partial charge in [-0.15, -0.1) is 0 Å². The Kier molecular flexibility index (Phi) is 5.49. The molecule has 5 nitrogen and oxygen atoms in total. The van der Waals surface area contributed by atoms with E-state index in [-0.39, 0.29) is 18.1 Å². The van der Waals surface area contributed by atoms with Crippen LogP contribution in [0.1, 0.15) is 18.1 Å². The molecular weight excluding hydrogens is 328 g/mol. The van der Waals surface area contributed by atoms with E-state index >= 15 is 0 Å². The van der Waals surface area contributed by atoms with E-state index < -0.39 is 0 Å². The summed E-state index contributed by atoms with van der Waals surface area (Å²) in [6.45, 7) is 2.40. The van der Waals surface area contributed by atoms with Gasteiger partial charge >= 0.3 is 0 Å². The Morgan fingerprint density at radius 1 is 1.15 bits per heavy atom. The number of amides is 1. The minimum absolute atomic E-state index is 0.0444. The lowest BCUT2D eigenvalue weighted by molar-refractivity contribution is -0.120. The van der Waals surface area contributed by atoms with Gasteiger partial charge in [0, 0.05) is 11.6 Å². The van der Waals surface area contributed by atoms with Crippen molar-refractivity contribution in [3.05, 3.63) is 71.8 Å². The number of hydrogen-bond donors (Lipinski definition) is 2. The maximum atomic E-state index is 12.2. The summed E-state index contributed by atoms with van der Waals surface area (Å²) in [6.07, 6.45) is 1.64. The number of fused-ring (bicyclic) bond motifs is 1. The average molecular weight is 348 g/mol. The summed E-state index contributed by atoms with van der Waals surface area (Å²) in [6, 6.07) is 18.8. The van der Waals surface area contributed by atoms with Gasteiger partial charge in [0.05, 0.1) is 19.2 Å². The highest BCUT2D eigenvalue weighted by Gasteiger charge is 2.06. The highest BCUT2D eigenvalue weighted by atomic mass is 16.5. The minimum Gasteiger partial charge on any atom is -0.507 e. The van der Waals surface area contributed by atoms with Crippen molar-refractivity contribution in [1.29, 1.82) is 0 Å². The predicted molar refractivity (Wildman–Crippen MR) is 103 cm³/mol. The molecule has 0 aliphatic carbocycles. The molecule has 3 aromatic carbocycles. The third-order valence-electron chi connectivity index (χ3n) is 3.94. The Labute approximate surface area is 151 Å². The molecule has 3 rings (SSSR count). The number of benzene rings is 3. The second-order valence-electron chi connectivity index (χ2n) is 5.76. The van der Waals surface area contributed by atoms with Gasteiger partial charge in [0.15, 0.2) is 0 Å². The van der Waals surface area contributed by atoms with Crippen molar-refractivity contribution in [2.75, 3.05) is 6.61 Å². The van der Waals surface area contributed by atoms with Crippen LogP contribution in [0.3, 0.4) is 0 Å². The van der Waals surface area contributed by atoms with Crippen LogP contribution in [0.5, 0.6) is 11.5 Å². The molecular formula is C21H20N2O3. The van der Waals surface area contributed by atoms with E-state index in [0.29, 0.717) is 17.9 Å². The maximum absolute atomic E-state index is 12.2. The third kappa shape index (κ3) is 4.19. The van der Waals surface area contributed by atoms with E-state index in [1.165, 1.54) is 12.3 Å². The normalized spacial score (nSPS) is 11.0. The summed E-state index contributed by atoms with van der Waals surface area (Å²) in [5, 5.41) is 16.0. The van der Waals surface area contributed by atoms with Crippen LogP contribution >= 0.6 is 0 Å². The summed E-state index contributed by atoms with van der Waals surface area (Å²) in [5.41, 5.74) is 3.94. The number of ether oxygens (including phenoxy) is 1. The second-order valence-corrected chi connectivity index (χ2v) is 5.76. The standard InChI is InChI=1S/C21H20N2O3/c1-2-26-18-11-10-17(20(24)13-18)14-22-23-21(25)12-16-8-5-7-15-6-3-4-9-19(15)16/h3-11,13-14,24H,2,12H2,1H3,(H,23,25)/b22-14+. The molecule has 0 spiro atoms. The highest BCUT2D eigenvalue weighted by molar-refractivity contribution is 5.91. The first kappa shape index (κ1) is 17.5. The lowest BCUT2D eigenvalue weighted by Gasteiger charge is -2.06. The maximum Gasteiger partial charge on any atom is 0.244 e. The van der Waals surface area contributed by atoms with Crippen LogP contribution in [0.15, 0.2) is 65.8 Å². The Hall–Kier alpha value is -3.34. The number of rotatable bonds is 6. The quantitative estimate of drug-likeness (QED) is 0.528. The Balaban J connectivity index is 1.64. The van der Waals surface area contributed by atoms with Crippen molar-refractivity contribution in [2.24, 2.45) is 5.10 Å². The monoisotopic (exact) mass is 348 g/mol. The first-order valence-corrected chi connectivity index (χ1v) is 8.41. The number of aromatic hydroxyl groups is 1. The molecule has 0 aliphatic heterocycles. The number of phenolic OH excluding ortho intramolecular Hbond substituents is 1. The molecule has 0 radical (unpaired) electrons. The number of carbonyl (C=O) groups excluding carboxylic acids is 1. The van der Waals surface area contributed by atoms with Gasteiger partial charge in [-0.05, 0) is 35.4 Å². The lowest BCUT2D eigenvalue weighted by atomic mass is 10.0. The van der Waals surface area contributed by atoms with Crippen LogP contribution in [0.2, 0.25) is 0 Å². The summed E-state index contributed by atoms with van der Waals surface area (Å²) < 4.78 is 5.31. The van der Waals surface area contributed by atoms with Crippen molar-refractivity contribution >= 4 is 22.9 Å². The lowest BCUT2D eigenvalue weighted by Crippen LogP contribution is -2.19. The van der Waals surface area contributed by atoms with E-state index in [9.17, 15) is 9.90 Å². The molecule has 0 atom stereocenters. The second kappa shape index (κ2) is 8.16. The summed E-state index contributed by atoms with van der Waals surface area (Å²) >= 11 is 0. The van der Waals surface area contributed by atoms with Crippen molar-refractivity contribution in [3.63, 3.8) is 0 Å². The molecule has 2 N–H and O–H groups in total. The predicted octanol–water partition coefficient (Wildman–Crippen LogP) is 3.64. The molecule has 0 aromatic heterocycles. The smallest absolute Gasteiger partial charge is 0.244 e. The first-order chi connectivity index (χ1) is 12.7. The van der Waals surface area contributed by atoms with E-state index in [4.69, 9.17) is 4.74 Å². The van der Waals surface area contributed by atoms with Crippen LogP contribution in [0.25, 0.3) is 10.8 Å². The van der Waals surface area contributed by atoms with Crippen molar-refractivity contribution in [3.8, 4) is 11.5 Å². The Morgan fingerprint density at radius 3 is 2.77 bits per heavy atom. The van der Waals surface area contributed by atoms with Crippen molar-refractivity contribution in [1.82, 2.24) is 5.43 Å². The molecule has 0 heterocycles. The van der Waals surface area contributed by atoms with E-state index in [1.807, 2.05) is 49.4 Å². The van der Waals surface area contributed by atoms with Gasteiger partial charge in [-0.3, -0.25) is 4.79 Å². The van der Waals surface area contributed by atoms with E-state index in [1.54, 1.807) is 12.1 Å². The van der Waals surface area contributed by atoms with E-state index in [2.05, 4.69) is 10.5 Å². The molecule has 26 heavy (non-hydrogen) atoms. The highest BCUT2D eigenvalue weighted by Crippen LogP contribution is 2.22. The molecule has 1 amide bonds. The minimum atomic E-state index is -0.219. The van der Waals surface area contributed by atoms with Gasteiger partial charge in [-0.2, -0.15) is 5.10 Å². The number of nitrogens with zero attached hydrogens (tertiary/aromatic N) is 1. The van der Waals surface area contributed by atoms with Gasteiger partial charge in [0.2, 0.25) is 5.91 Å². The van der Waals surface area contributed by atoms with Crippen molar-refractivity contribution < 1.29 is 14.6 Å². The number of hydrogen-bond acceptors (Lipinski definition) is 4. The van der Waals surface area contributed by atoms with Crippen LogP contribution in [0.4, 0.5) is 0 Å². The topological polar surface area (TPSA) is 70.9 Å². The average Bonchev–Trinajstić information content (AvgIpc) is 2.64. The van der Waals surface area contributed by atoms with Crippen molar-refractivity contribution in [2.45, 2.75) is 13.3 Å². The van der Waals surface area contributed by atoms with E-state index in [0.717, 1.165) is 16.3 Å². The molecule has 0 saturated carbocycles. The molecule has 132 valence electrons. The number of hydrazone groups is 1. The molecule has 0 unspecified atom stereocenters. The zero-order valence-electron chi connectivity index (χ0n) is 14.5. The summed E-state index contributed by atoms with van der Waals surface area (Å²) in [7, 11) is 0. The molecule has 0 bridgehead atoms. The largest absolute Gasteiger partial charge is 0.507 e. The summed E-state index contributed by atoms with van der Waals surface area (Å²) in [4.78, 5) is 12.2. The van der Waals surface area contributed by atoms with Crippen LogP contribution < -0.4 is 10.2 Å². The van der Waals surface area contributed by atoms with Gasteiger partial charge in [-0.25, -0.2) is 5.43 Å². The fraction of sp³-hybridized carbons (Fsp3) is 0.143. The SMILES string of the molecule is CCOc1ccc(/C=N/NC(=O)Cc2cccc3ccccc23)c(O)c1. The molecule has 5 heteroatoms. The zero-order valence-corrected chi connectivity index (χ0v) is 14.5. The first-order valence-electron chi connectivity index (χ1n) is 8.41. The van der Waals surface area contributed by atoms with Gasteiger partial charge in [-0.1, -0.05) is 42.5 Å². The fourth-order valence-electron chi connectivity index (χ4n) is 2.72. The number of phenols is 1. The van der Waals surface area contributed by atoms with Crippen LogP contribution in [0, 0.1) is 0 Å². The van der Waals surface area contributed by atoms with Gasteiger partial charge < -0.3 is 9.84 Å². The molecule has 0 fully saturated rings. The summed E-state index contributed by atoms with van der Waals surface area (Å²) in [5.74, 6) is 0.410. The fourth-order valence-corrected chi connectivity index (χ4v) is 2.72. The number of carbonyl (C=O) groups is 1. The third-order valence-corrected chi connectivity index (χ3v) is 3.94. The van der Waals surface area contributed by atoms with Gasteiger partial charge in [0.1, 0.15) is 11.5 Å². The van der Waals surface area contributed by atoms with Crippen LogP contribution in [-0.4, -0.2) is 23.8 Å². The Morgan fingerprint density at radius 2 is 1.96 bits per heavy atom. The molecule has 0 aliphatic rings. The van der Waals surface area contributed by atoms with Crippen LogP contribution in [-0.2, 0) is 11.2 Å².